The van der Waals surface area contributed by atoms with Gasteiger partial charge in [-0.05, 0) is 42.3 Å². The van der Waals surface area contributed by atoms with Crippen LogP contribution in [0, 0.1) is 6.92 Å². The molecule has 1 atom stereocenters. The number of hydrogen-bond donors (Lipinski definition) is 2. The molecule has 1 heterocycles. The molecule has 0 saturated heterocycles. The first-order valence-electron chi connectivity index (χ1n) is 7.92. The lowest BCUT2D eigenvalue weighted by molar-refractivity contribution is 0.173. The van der Waals surface area contributed by atoms with E-state index in [1.807, 2.05) is 54.6 Å². The second kappa shape index (κ2) is 9.20. The quantitative estimate of drug-likeness (QED) is 0.569. The summed E-state index contributed by atoms with van der Waals surface area (Å²) in [6.07, 6.45) is -0.519. The van der Waals surface area contributed by atoms with Crippen LogP contribution < -0.4 is 5.32 Å². The van der Waals surface area contributed by atoms with E-state index in [-0.39, 0.29) is 12.4 Å². The van der Waals surface area contributed by atoms with Crippen molar-refractivity contribution in [1.82, 2.24) is 5.32 Å². The van der Waals surface area contributed by atoms with Gasteiger partial charge in [0.05, 0.1) is 12.6 Å². The van der Waals surface area contributed by atoms with Crippen molar-refractivity contribution in [3.8, 4) is 11.3 Å². The van der Waals surface area contributed by atoms with Gasteiger partial charge in [0.1, 0.15) is 11.5 Å². The maximum atomic E-state index is 10.1. The number of nitrogens with one attached hydrogen (secondary N) is 1. The van der Waals surface area contributed by atoms with Crippen LogP contribution in [0.4, 0.5) is 0 Å². The minimum absolute atomic E-state index is 0. The predicted molar refractivity (Wildman–Crippen MR) is 107 cm³/mol. The lowest BCUT2D eigenvalue weighted by Crippen LogP contribution is -2.20. The SMILES string of the molecule is Cc1cc(-c2ccc(CNCC(O)c3ccccc3)o2)ccc1Br.Cl. The molecule has 3 nitrogen and oxygen atoms in total. The Hall–Kier alpha value is -1.59. The minimum atomic E-state index is -0.519. The van der Waals surface area contributed by atoms with E-state index in [2.05, 4.69) is 34.2 Å². The maximum absolute atomic E-state index is 10.1. The van der Waals surface area contributed by atoms with Crippen molar-refractivity contribution in [2.45, 2.75) is 19.6 Å². The molecule has 1 unspecified atom stereocenters. The van der Waals surface area contributed by atoms with Gasteiger partial charge in [0.25, 0.3) is 0 Å². The van der Waals surface area contributed by atoms with Crippen LogP contribution in [0.3, 0.4) is 0 Å². The van der Waals surface area contributed by atoms with Gasteiger partial charge < -0.3 is 14.8 Å². The third-order valence-corrected chi connectivity index (χ3v) is 4.82. The van der Waals surface area contributed by atoms with E-state index in [0.29, 0.717) is 13.1 Å². The first kappa shape index (κ1) is 19.7. The number of rotatable bonds is 6. The highest BCUT2D eigenvalue weighted by Gasteiger charge is 2.09. The molecule has 132 valence electrons. The van der Waals surface area contributed by atoms with Crippen molar-refractivity contribution in [3.05, 3.63) is 82.0 Å². The first-order valence-corrected chi connectivity index (χ1v) is 8.72. The Labute approximate surface area is 162 Å². The monoisotopic (exact) mass is 421 g/mol. The van der Waals surface area contributed by atoms with E-state index in [0.717, 1.165) is 27.1 Å². The van der Waals surface area contributed by atoms with Gasteiger partial charge in [0.15, 0.2) is 0 Å². The zero-order chi connectivity index (χ0) is 16.9. The standard InChI is InChI=1S/C20H20BrNO2.ClH/c1-14-11-16(7-9-18(14)21)20-10-8-17(24-20)12-22-13-19(23)15-5-3-2-4-6-15;/h2-11,19,22-23H,12-13H2,1H3;1H. The number of aliphatic hydroxyl groups excluding tert-OH is 1. The molecule has 3 aromatic rings. The summed E-state index contributed by atoms with van der Waals surface area (Å²) >= 11 is 3.51. The second-order valence-corrected chi connectivity index (χ2v) is 6.64. The molecule has 0 saturated carbocycles. The molecule has 0 fully saturated rings. The number of aliphatic hydroxyl groups is 1. The van der Waals surface area contributed by atoms with Crippen molar-refractivity contribution < 1.29 is 9.52 Å². The van der Waals surface area contributed by atoms with Gasteiger partial charge in [0, 0.05) is 16.6 Å². The summed E-state index contributed by atoms with van der Waals surface area (Å²) < 4.78 is 6.98. The molecule has 0 aliphatic heterocycles. The number of aryl methyl sites for hydroxylation is 1. The fraction of sp³-hybridized carbons (Fsp3) is 0.200. The first-order chi connectivity index (χ1) is 11.6. The van der Waals surface area contributed by atoms with Gasteiger partial charge in [0.2, 0.25) is 0 Å². The Balaban J connectivity index is 0.00000225. The summed E-state index contributed by atoms with van der Waals surface area (Å²) in [6, 6.07) is 19.8. The molecule has 5 heteroatoms. The molecule has 25 heavy (non-hydrogen) atoms. The van der Waals surface area contributed by atoms with Crippen molar-refractivity contribution >= 4 is 28.3 Å². The van der Waals surface area contributed by atoms with Crippen molar-refractivity contribution in [2.24, 2.45) is 0 Å². The Kier molecular flexibility index (Phi) is 7.26. The Morgan fingerprint density at radius 2 is 1.84 bits per heavy atom. The Morgan fingerprint density at radius 1 is 1.08 bits per heavy atom. The topological polar surface area (TPSA) is 45.4 Å². The highest BCUT2D eigenvalue weighted by atomic mass is 79.9. The molecule has 0 bridgehead atoms. The van der Waals surface area contributed by atoms with Gasteiger partial charge in [-0.2, -0.15) is 0 Å². The molecule has 0 aliphatic rings. The molecular weight excluding hydrogens is 402 g/mol. The molecule has 2 aromatic carbocycles. The average molecular weight is 423 g/mol. The predicted octanol–water partition coefficient (Wildman–Crippen LogP) is 5.26. The fourth-order valence-electron chi connectivity index (χ4n) is 2.55. The van der Waals surface area contributed by atoms with Gasteiger partial charge in [-0.15, -0.1) is 12.4 Å². The van der Waals surface area contributed by atoms with Crippen LogP contribution >= 0.6 is 28.3 Å². The van der Waals surface area contributed by atoms with Crippen LogP contribution in [-0.2, 0) is 6.54 Å². The van der Waals surface area contributed by atoms with E-state index in [1.165, 1.54) is 5.56 Å². The third-order valence-electron chi connectivity index (χ3n) is 3.93. The summed E-state index contributed by atoms with van der Waals surface area (Å²) in [5.41, 5.74) is 3.15. The molecule has 0 spiro atoms. The maximum Gasteiger partial charge on any atom is 0.134 e. The molecule has 3 rings (SSSR count). The van der Waals surface area contributed by atoms with Crippen LogP contribution in [0.1, 0.15) is 23.0 Å². The lowest BCUT2D eigenvalue weighted by atomic mass is 10.1. The smallest absolute Gasteiger partial charge is 0.134 e. The van der Waals surface area contributed by atoms with E-state index in [4.69, 9.17) is 4.42 Å². The van der Waals surface area contributed by atoms with E-state index >= 15 is 0 Å². The third kappa shape index (κ3) is 5.19. The van der Waals surface area contributed by atoms with Crippen LogP contribution in [-0.4, -0.2) is 11.7 Å². The van der Waals surface area contributed by atoms with Gasteiger partial charge in [-0.3, -0.25) is 0 Å². The molecule has 2 N–H and O–H groups in total. The highest BCUT2D eigenvalue weighted by Crippen LogP contribution is 2.26. The van der Waals surface area contributed by atoms with E-state index < -0.39 is 6.10 Å². The molecule has 0 radical (unpaired) electrons. The number of halogens is 2. The van der Waals surface area contributed by atoms with Crippen LogP contribution in [0.15, 0.2) is 69.6 Å². The van der Waals surface area contributed by atoms with Crippen molar-refractivity contribution in [1.29, 1.82) is 0 Å². The molecule has 1 aromatic heterocycles. The Bertz CT molecular complexity index is 804. The van der Waals surface area contributed by atoms with Gasteiger partial charge >= 0.3 is 0 Å². The summed E-state index contributed by atoms with van der Waals surface area (Å²) in [5, 5.41) is 13.4. The summed E-state index contributed by atoms with van der Waals surface area (Å²) in [4.78, 5) is 0. The number of benzene rings is 2. The van der Waals surface area contributed by atoms with Crippen molar-refractivity contribution in [2.75, 3.05) is 6.54 Å². The average Bonchev–Trinajstić information content (AvgIpc) is 3.07. The minimum Gasteiger partial charge on any atom is -0.460 e. The number of furan rings is 1. The molecule has 0 aliphatic carbocycles. The second-order valence-electron chi connectivity index (χ2n) is 5.79. The number of hydrogen-bond acceptors (Lipinski definition) is 3. The molecule has 0 amide bonds. The normalized spacial score (nSPS) is 11.8. The van der Waals surface area contributed by atoms with Crippen LogP contribution in [0.25, 0.3) is 11.3 Å². The molecular formula is C20H21BrClNO2. The zero-order valence-corrected chi connectivity index (χ0v) is 16.3. The largest absolute Gasteiger partial charge is 0.460 e. The van der Waals surface area contributed by atoms with Crippen LogP contribution in [0.5, 0.6) is 0 Å². The summed E-state index contributed by atoms with van der Waals surface area (Å²) in [5.74, 6) is 1.71. The summed E-state index contributed by atoms with van der Waals surface area (Å²) in [7, 11) is 0. The van der Waals surface area contributed by atoms with E-state index in [1.54, 1.807) is 0 Å². The summed E-state index contributed by atoms with van der Waals surface area (Å²) in [6.45, 7) is 3.13. The van der Waals surface area contributed by atoms with Crippen LogP contribution in [0.2, 0.25) is 0 Å². The highest BCUT2D eigenvalue weighted by molar-refractivity contribution is 9.10. The lowest BCUT2D eigenvalue weighted by Gasteiger charge is -2.11. The van der Waals surface area contributed by atoms with E-state index in [9.17, 15) is 5.11 Å². The van der Waals surface area contributed by atoms with Gasteiger partial charge in [-0.25, -0.2) is 0 Å². The van der Waals surface area contributed by atoms with Gasteiger partial charge in [-0.1, -0.05) is 52.3 Å². The van der Waals surface area contributed by atoms with Crippen molar-refractivity contribution in [3.63, 3.8) is 0 Å². The Morgan fingerprint density at radius 3 is 2.56 bits per heavy atom. The fourth-order valence-corrected chi connectivity index (χ4v) is 2.80. The zero-order valence-electron chi connectivity index (χ0n) is 13.9.